The molecular formula is C29H23BrClN3O3S. The highest BCUT2D eigenvalue weighted by molar-refractivity contribution is 9.10. The molecule has 4 rings (SSSR count). The molecule has 3 aromatic carbocycles. The average Bonchev–Trinajstić information content (AvgIpc) is 2.92. The van der Waals surface area contributed by atoms with Crippen LogP contribution in [0.5, 0.6) is 5.75 Å². The number of hydrogen-bond acceptors (Lipinski definition) is 6. The average molecular weight is 609 g/mol. The number of benzene rings is 3. The molecule has 1 unspecified atom stereocenters. The van der Waals surface area contributed by atoms with E-state index in [9.17, 15) is 14.9 Å². The standard InChI is InChI=1S/C29H23BrClN3O3S/c1-17-26(28(36)34-23-9-5-6-10-25(23)37-2)27(20-7-3-4-8-22(20)31)21(15-32)29(33-17)38-16-24(35)18-11-13-19(30)14-12-18/h3-14,26-27H,16H2,1-2H3,(H,34,36)/t26?,27-/m1/s1. The summed E-state index contributed by atoms with van der Waals surface area (Å²) in [5, 5.41) is 14.1. The molecule has 1 heterocycles. The number of para-hydroxylation sites is 2. The zero-order valence-electron chi connectivity index (χ0n) is 20.6. The van der Waals surface area contributed by atoms with Crippen LogP contribution in [0.15, 0.2) is 92.9 Å². The predicted molar refractivity (Wildman–Crippen MR) is 156 cm³/mol. The van der Waals surface area contributed by atoms with Crippen LogP contribution in [0.25, 0.3) is 0 Å². The summed E-state index contributed by atoms with van der Waals surface area (Å²) >= 11 is 11.1. The fourth-order valence-corrected chi connectivity index (χ4v) is 5.76. The minimum absolute atomic E-state index is 0.0895. The van der Waals surface area contributed by atoms with Crippen LogP contribution in [0.3, 0.4) is 0 Å². The zero-order valence-corrected chi connectivity index (χ0v) is 23.7. The van der Waals surface area contributed by atoms with Gasteiger partial charge in [-0.15, -0.1) is 0 Å². The van der Waals surface area contributed by atoms with E-state index in [-0.39, 0.29) is 23.0 Å². The van der Waals surface area contributed by atoms with Crippen LogP contribution >= 0.6 is 39.3 Å². The van der Waals surface area contributed by atoms with Gasteiger partial charge in [0, 0.05) is 26.7 Å². The second kappa shape index (κ2) is 12.4. The van der Waals surface area contributed by atoms with Crippen molar-refractivity contribution >= 4 is 62.4 Å². The van der Waals surface area contributed by atoms with Crippen LogP contribution in [0.4, 0.5) is 5.69 Å². The van der Waals surface area contributed by atoms with Crippen LogP contribution in [0.1, 0.15) is 28.8 Å². The van der Waals surface area contributed by atoms with E-state index < -0.39 is 11.8 Å². The Hall–Kier alpha value is -3.38. The normalized spacial score (nSPS) is 16.9. The molecule has 3 aromatic rings. The third-order valence-corrected chi connectivity index (χ3v) is 7.98. The van der Waals surface area contributed by atoms with Crippen molar-refractivity contribution in [2.75, 3.05) is 18.2 Å². The summed E-state index contributed by atoms with van der Waals surface area (Å²) in [6.07, 6.45) is 0. The summed E-state index contributed by atoms with van der Waals surface area (Å²) in [7, 11) is 1.53. The third kappa shape index (κ3) is 6.02. The van der Waals surface area contributed by atoms with Gasteiger partial charge in [-0.1, -0.05) is 81.8 Å². The fraction of sp³-hybridized carbons (Fsp3) is 0.172. The lowest BCUT2D eigenvalue weighted by Gasteiger charge is -2.31. The Bertz CT molecular complexity index is 1480. The largest absolute Gasteiger partial charge is 0.495 e. The van der Waals surface area contributed by atoms with E-state index in [4.69, 9.17) is 16.3 Å². The second-order valence-electron chi connectivity index (χ2n) is 8.47. The predicted octanol–water partition coefficient (Wildman–Crippen LogP) is 7.28. The van der Waals surface area contributed by atoms with Crippen molar-refractivity contribution < 1.29 is 14.3 Å². The molecule has 0 aliphatic carbocycles. The number of carbonyl (C=O) groups is 2. The SMILES string of the molecule is COc1ccccc1NC(=O)C1C(C)=NC(SCC(=O)c2ccc(Br)cc2)=C(C#N)[C@H]1c1ccccc1Cl. The number of Topliss-reactive ketones (excluding diaryl/α,β-unsaturated/α-hetero) is 1. The van der Waals surface area contributed by atoms with Gasteiger partial charge in [0.2, 0.25) is 5.91 Å². The highest BCUT2D eigenvalue weighted by Crippen LogP contribution is 2.44. The first kappa shape index (κ1) is 27.6. The maximum atomic E-state index is 13.7. The summed E-state index contributed by atoms with van der Waals surface area (Å²) in [6, 6.07) is 23.6. The number of nitrogens with zero attached hydrogens (tertiary/aromatic N) is 2. The van der Waals surface area contributed by atoms with E-state index in [1.807, 2.05) is 18.2 Å². The fourth-order valence-electron chi connectivity index (χ4n) is 4.27. The smallest absolute Gasteiger partial charge is 0.234 e. The minimum Gasteiger partial charge on any atom is -0.495 e. The van der Waals surface area contributed by atoms with Crippen molar-refractivity contribution in [3.63, 3.8) is 0 Å². The van der Waals surface area contributed by atoms with Gasteiger partial charge in [0.15, 0.2) is 5.78 Å². The molecule has 0 aromatic heterocycles. The number of ether oxygens (including phenoxy) is 1. The number of ketones is 1. The Balaban J connectivity index is 1.70. The Kier molecular flexibility index (Phi) is 9.05. The summed E-state index contributed by atoms with van der Waals surface area (Å²) in [6.45, 7) is 1.75. The van der Waals surface area contributed by atoms with Crippen molar-refractivity contribution in [1.82, 2.24) is 0 Å². The van der Waals surface area contributed by atoms with Gasteiger partial charge in [-0.05, 0) is 42.8 Å². The van der Waals surface area contributed by atoms with Gasteiger partial charge in [-0.2, -0.15) is 5.26 Å². The molecule has 0 saturated heterocycles. The van der Waals surface area contributed by atoms with Crippen LogP contribution in [0.2, 0.25) is 5.02 Å². The van der Waals surface area contributed by atoms with E-state index in [1.165, 1.54) is 18.9 Å². The molecule has 1 N–H and O–H groups in total. The van der Waals surface area contributed by atoms with Crippen LogP contribution in [-0.2, 0) is 4.79 Å². The number of carbonyl (C=O) groups excluding carboxylic acids is 2. The van der Waals surface area contributed by atoms with Crippen LogP contribution < -0.4 is 10.1 Å². The summed E-state index contributed by atoms with van der Waals surface area (Å²) in [5.41, 5.74) is 2.51. The van der Waals surface area contributed by atoms with E-state index >= 15 is 0 Å². The third-order valence-electron chi connectivity index (χ3n) is 6.12. The van der Waals surface area contributed by atoms with Crippen molar-refractivity contribution in [2.24, 2.45) is 10.9 Å². The molecule has 9 heteroatoms. The van der Waals surface area contributed by atoms with Gasteiger partial charge in [0.1, 0.15) is 10.8 Å². The monoisotopic (exact) mass is 607 g/mol. The summed E-state index contributed by atoms with van der Waals surface area (Å²) < 4.78 is 6.26. The molecule has 1 amide bonds. The molecular weight excluding hydrogens is 586 g/mol. The highest BCUT2D eigenvalue weighted by Gasteiger charge is 2.40. The van der Waals surface area contributed by atoms with Gasteiger partial charge in [0.05, 0.1) is 36.1 Å². The Morgan fingerprint density at radius 2 is 1.79 bits per heavy atom. The number of rotatable bonds is 8. The van der Waals surface area contributed by atoms with Crippen molar-refractivity contribution in [1.29, 1.82) is 5.26 Å². The van der Waals surface area contributed by atoms with Crippen LogP contribution in [0, 0.1) is 17.2 Å². The number of hydrogen-bond donors (Lipinski definition) is 1. The summed E-state index contributed by atoms with van der Waals surface area (Å²) in [4.78, 5) is 31.2. The van der Waals surface area contributed by atoms with Gasteiger partial charge >= 0.3 is 0 Å². The van der Waals surface area contributed by atoms with Crippen molar-refractivity contribution in [2.45, 2.75) is 12.8 Å². The zero-order chi connectivity index (χ0) is 27.2. The Morgan fingerprint density at radius 3 is 2.47 bits per heavy atom. The maximum absolute atomic E-state index is 13.7. The second-order valence-corrected chi connectivity index (χ2v) is 10.8. The first-order valence-corrected chi connectivity index (χ1v) is 13.8. The van der Waals surface area contributed by atoms with E-state index in [0.29, 0.717) is 38.3 Å². The number of methoxy groups -OCH3 is 1. The quantitative estimate of drug-likeness (QED) is 0.272. The molecule has 6 nitrogen and oxygen atoms in total. The molecule has 38 heavy (non-hydrogen) atoms. The first-order chi connectivity index (χ1) is 18.3. The lowest BCUT2D eigenvalue weighted by molar-refractivity contribution is -0.118. The van der Waals surface area contributed by atoms with Crippen molar-refractivity contribution in [3.05, 3.63) is 104 Å². The number of nitrogens with one attached hydrogen (secondary N) is 1. The number of aliphatic imine (C=N–C) groups is 1. The molecule has 0 spiro atoms. The van der Waals surface area contributed by atoms with Crippen LogP contribution in [-0.4, -0.2) is 30.3 Å². The van der Waals surface area contributed by atoms with Gasteiger partial charge in [-0.3, -0.25) is 9.59 Å². The Labute approximate surface area is 238 Å². The maximum Gasteiger partial charge on any atom is 0.234 e. The molecule has 192 valence electrons. The molecule has 1 aliphatic heterocycles. The van der Waals surface area contributed by atoms with Gasteiger partial charge < -0.3 is 10.1 Å². The van der Waals surface area contributed by atoms with E-state index in [2.05, 4.69) is 32.3 Å². The molecule has 0 fully saturated rings. The lowest BCUT2D eigenvalue weighted by Crippen LogP contribution is -2.36. The van der Waals surface area contributed by atoms with E-state index in [1.54, 1.807) is 61.5 Å². The number of anilines is 1. The number of thioether (sulfide) groups is 1. The number of amides is 1. The molecule has 1 aliphatic rings. The lowest BCUT2D eigenvalue weighted by atomic mass is 9.76. The first-order valence-electron chi connectivity index (χ1n) is 11.6. The molecule has 2 atom stereocenters. The highest BCUT2D eigenvalue weighted by atomic mass is 79.9. The molecule has 0 bridgehead atoms. The number of allylic oxidation sites excluding steroid dienone is 1. The topological polar surface area (TPSA) is 91.5 Å². The number of nitriles is 1. The Morgan fingerprint density at radius 1 is 1.11 bits per heavy atom. The van der Waals surface area contributed by atoms with Gasteiger partial charge in [0.25, 0.3) is 0 Å². The van der Waals surface area contributed by atoms with E-state index in [0.717, 1.165) is 4.47 Å². The summed E-state index contributed by atoms with van der Waals surface area (Å²) in [5.74, 6) is -1.33. The number of halogens is 2. The van der Waals surface area contributed by atoms with Gasteiger partial charge in [-0.25, -0.2) is 4.99 Å². The molecule has 0 saturated carbocycles. The molecule has 0 radical (unpaired) electrons. The minimum atomic E-state index is -0.805. The van der Waals surface area contributed by atoms with Crippen molar-refractivity contribution in [3.8, 4) is 11.8 Å².